The molecule has 6 nitrogen and oxygen atoms in total. The molecule has 0 unspecified atom stereocenters. The van der Waals surface area contributed by atoms with Crippen LogP contribution in [0.2, 0.25) is 0 Å². The summed E-state index contributed by atoms with van der Waals surface area (Å²) in [5.41, 5.74) is -1.41. The average molecular weight is 412 g/mol. The van der Waals surface area contributed by atoms with E-state index >= 15 is 0 Å². The molecule has 0 spiro atoms. The van der Waals surface area contributed by atoms with Crippen LogP contribution in [0.3, 0.4) is 0 Å². The smallest absolute Gasteiger partial charge is 0.416 e. The van der Waals surface area contributed by atoms with Gasteiger partial charge in [0, 0.05) is 18.5 Å². The number of alkyl carbamates (subject to hydrolysis) is 1. The van der Waals surface area contributed by atoms with Crippen LogP contribution in [0.4, 0.5) is 18.0 Å². The minimum absolute atomic E-state index is 0.0663. The first-order chi connectivity index (χ1) is 13.5. The van der Waals surface area contributed by atoms with Crippen molar-refractivity contribution < 1.29 is 32.2 Å². The fourth-order valence-corrected chi connectivity index (χ4v) is 3.74. The number of carbonyl (C=O) groups is 2. The summed E-state index contributed by atoms with van der Waals surface area (Å²) < 4.78 is 51.5. The predicted octanol–water partition coefficient (Wildman–Crippen LogP) is 4.22. The lowest BCUT2D eigenvalue weighted by Gasteiger charge is -2.40. The van der Waals surface area contributed by atoms with Gasteiger partial charge in [0.1, 0.15) is 11.4 Å². The third-order valence-corrected chi connectivity index (χ3v) is 5.02. The van der Waals surface area contributed by atoms with Gasteiger partial charge < -0.3 is 14.4 Å². The summed E-state index contributed by atoms with van der Waals surface area (Å²) in [6, 6.07) is 2.23. The van der Waals surface area contributed by atoms with Crippen LogP contribution >= 0.6 is 0 Å². The lowest BCUT2D eigenvalue weighted by Crippen LogP contribution is -2.46. The van der Waals surface area contributed by atoms with Crippen molar-refractivity contribution in [1.82, 2.24) is 10.2 Å². The lowest BCUT2D eigenvalue weighted by molar-refractivity contribution is -0.138. The molecule has 158 valence electrons. The molecule has 0 atom stereocenters. The zero-order valence-electron chi connectivity index (χ0n) is 16.7. The van der Waals surface area contributed by atoms with E-state index in [1.54, 1.807) is 20.8 Å². The molecule has 0 radical (unpaired) electrons. The van der Waals surface area contributed by atoms with Gasteiger partial charge in [-0.2, -0.15) is 13.2 Å². The van der Waals surface area contributed by atoms with Gasteiger partial charge in [-0.1, -0.05) is 0 Å². The summed E-state index contributed by atoms with van der Waals surface area (Å²) in [5, 5.41) is 2.60. The molecule has 1 fully saturated rings. The van der Waals surface area contributed by atoms with Crippen LogP contribution in [0.25, 0.3) is 5.70 Å². The minimum atomic E-state index is -4.57. The number of nitrogens with one attached hydrogen (secondary N) is 1. The molecule has 0 saturated carbocycles. The molecule has 1 aromatic carbocycles. The molecule has 0 bridgehead atoms. The van der Waals surface area contributed by atoms with Crippen LogP contribution in [0, 0.1) is 6.92 Å². The summed E-state index contributed by atoms with van der Waals surface area (Å²) in [4.78, 5) is 26.1. The van der Waals surface area contributed by atoms with Crippen LogP contribution in [0.5, 0.6) is 5.75 Å². The number of amides is 2. The van der Waals surface area contributed by atoms with Gasteiger partial charge in [-0.3, -0.25) is 10.1 Å². The Hall–Kier alpha value is -2.71. The number of alkyl halides is 3. The van der Waals surface area contributed by atoms with Gasteiger partial charge in [0.2, 0.25) is 5.91 Å². The Morgan fingerprint density at radius 3 is 2.59 bits per heavy atom. The largest absolute Gasteiger partial charge is 0.481 e. The number of carbonyl (C=O) groups excluding carboxylic acids is 2. The average Bonchev–Trinajstić information content (AvgIpc) is 3.00. The lowest BCUT2D eigenvalue weighted by atomic mass is 9.89. The Labute approximate surface area is 166 Å². The highest BCUT2D eigenvalue weighted by Gasteiger charge is 2.44. The molecule has 0 aliphatic carbocycles. The Bertz CT molecular complexity index is 890. The molecule has 1 aromatic rings. The molecule has 1 N–H and O–H groups in total. The second-order valence-corrected chi connectivity index (χ2v) is 7.44. The highest BCUT2D eigenvalue weighted by atomic mass is 19.4. The highest BCUT2D eigenvalue weighted by molar-refractivity contribution is 5.93. The number of fused-ring (bicyclic) bond motifs is 1. The third kappa shape index (κ3) is 3.77. The van der Waals surface area contributed by atoms with E-state index in [2.05, 4.69) is 5.32 Å². The Morgan fingerprint density at radius 2 is 2.03 bits per heavy atom. The normalized spacial score (nSPS) is 18.4. The van der Waals surface area contributed by atoms with Crippen molar-refractivity contribution in [2.24, 2.45) is 0 Å². The predicted molar refractivity (Wildman–Crippen MR) is 98.9 cm³/mol. The SMILES string of the molecule is CCOC(=O)NC1=C(N2CCCC2=O)c2c(ccc(C(F)(F)F)c2C)OC1(C)C. The molecule has 0 aromatic heterocycles. The Morgan fingerprint density at radius 1 is 1.34 bits per heavy atom. The fourth-order valence-electron chi connectivity index (χ4n) is 3.74. The number of hydrogen-bond acceptors (Lipinski definition) is 4. The number of benzene rings is 1. The van der Waals surface area contributed by atoms with Gasteiger partial charge in [-0.05, 0) is 51.8 Å². The topological polar surface area (TPSA) is 67.9 Å². The number of rotatable bonds is 3. The van der Waals surface area contributed by atoms with Gasteiger partial charge in [0.05, 0.1) is 23.6 Å². The van der Waals surface area contributed by atoms with Crippen LogP contribution in [-0.2, 0) is 15.7 Å². The standard InChI is InChI=1S/C20H23F3N2O4/c1-5-28-18(27)24-17-16(25-10-6-7-14(25)26)15-11(2)12(20(21,22)23)8-9-13(15)29-19(17,3)4/h8-9H,5-7,10H2,1-4H3,(H,24,27). The minimum Gasteiger partial charge on any atom is -0.481 e. The van der Waals surface area contributed by atoms with E-state index in [1.807, 2.05) is 0 Å². The molecule has 2 aliphatic heterocycles. The number of hydrogen-bond donors (Lipinski definition) is 1. The number of likely N-dealkylation sites (tertiary alicyclic amines) is 1. The van der Waals surface area contributed by atoms with Crippen molar-refractivity contribution in [3.8, 4) is 5.75 Å². The zero-order valence-corrected chi connectivity index (χ0v) is 16.7. The van der Waals surface area contributed by atoms with Gasteiger partial charge in [0.15, 0.2) is 0 Å². The van der Waals surface area contributed by atoms with Crippen LogP contribution in [0.15, 0.2) is 17.8 Å². The van der Waals surface area contributed by atoms with E-state index in [0.717, 1.165) is 6.07 Å². The summed E-state index contributed by atoms with van der Waals surface area (Å²) in [6.45, 7) is 6.78. The van der Waals surface area contributed by atoms with E-state index in [-0.39, 0.29) is 47.2 Å². The molecular weight excluding hydrogens is 389 g/mol. The highest BCUT2D eigenvalue weighted by Crippen LogP contribution is 2.47. The van der Waals surface area contributed by atoms with Crippen LogP contribution in [-0.4, -0.2) is 35.7 Å². The first-order valence-corrected chi connectivity index (χ1v) is 9.36. The molecule has 3 rings (SSSR count). The van der Waals surface area contributed by atoms with Crippen molar-refractivity contribution in [3.05, 3.63) is 34.5 Å². The maximum Gasteiger partial charge on any atom is 0.416 e. The van der Waals surface area contributed by atoms with Crippen molar-refractivity contribution in [3.63, 3.8) is 0 Å². The second-order valence-electron chi connectivity index (χ2n) is 7.44. The quantitative estimate of drug-likeness (QED) is 0.807. The Kier molecular flexibility index (Phi) is 5.27. The molecule has 2 aliphatic rings. The molecule has 2 amide bonds. The number of ether oxygens (including phenoxy) is 2. The number of nitrogens with zero attached hydrogens (tertiary/aromatic N) is 1. The summed E-state index contributed by atoms with van der Waals surface area (Å²) >= 11 is 0. The first-order valence-electron chi connectivity index (χ1n) is 9.36. The maximum atomic E-state index is 13.5. The monoisotopic (exact) mass is 412 g/mol. The van der Waals surface area contributed by atoms with Crippen molar-refractivity contribution in [1.29, 1.82) is 0 Å². The van der Waals surface area contributed by atoms with Gasteiger partial charge in [-0.15, -0.1) is 0 Å². The van der Waals surface area contributed by atoms with Crippen molar-refractivity contribution in [2.45, 2.75) is 52.3 Å². The molecular formula is C20H23F3N2O4. The molecule has 1 saturated heterocycles. The maximum absolute atomic E-state index is 13.5. The summed E-state index contributed by atoms with van der Waals surface area (Å²) in [6.07, 6.45) is -4.48. The van der Waals surface area contributed by atoms with E-state index in [1.165, 1.54) is 17.9 Å². The van der Waals surface area contributed by atoms with E-state index in [9.17, 15) is 22.8 Å². The van der Waals surface area contributed by atoms with Crippen molar-refractivity contribution >= 4 is 17.7 Å². The number of halogens is 3. The molecule has 29 heavy (non-hydrogen) atoms. The summed E-state index contributed by atoms with van der Waals surface area (Å²) in [5.74, 6) is 0.00762. The Balaban J connectivity index is 2.29. The van der Waals surface area contributed by atoms with Crippen LogP contribution < -0.4 is 10.1 Å². The summed E-state index contributed by atoms with van der Waals surface area (Å²) in [7, 11) is 0. The van der Waals surface area contributed by atoms with E-state index in [0.29, 0.717) is 13.0 Å². The van der Waals surface area contributed by atoms with E-state index in [4.69, 9.17) is 9.47 Å². The second kappa shape index (κ2) is 7.27. The van der Waals surface area contributed by atoms with E-state index < -0.39 is 23.4 Å². The van der Waals surface area contributed by atoms with Gasteiger partial charge >= 0.3 is 12.3 Å². The van der Waals surface area contributed by atoms with Gasteiger partial charge in [-0.25, -0.2) is 4.79 Å². The zero-order chi connectivity index (χ0) is 21.6. The third-order valence-electron chi connectivity index (χ3n) is 5.02. The van der Waals surface area contributed by atoms with Crippen molar-refractivity contribution in [2.75, 3.05) is 13.2 Å². The molecule has 9 heteroatoms. The fraction of sp³-hybridized carbons (Fsp3) is 0.500. The van der Waals surface area contributed by atoms with Crippen LogP contribution in [0.1, 0.15) is 50.3 Å². The molecule has 2 heterocycles. The van der Waals surface area contributed by atoms with Gasteiger partial charge in [0.25, 0.3) is 0 Å². The first kappa shape index (κ1) is 21.0.